The van der Waals surface area contributed by atoms with Crippen LogP contribution in [0.1, 0.15) is 54.9 Å². The van der Waals surface area contributed by atoms with Gasteiger partial charge in [0, 0.05) is 11.5 Å². The minimum Gasteiger partial charge on any atom is -0.504 e. The maximum absolute atomic E-state index is 15.3. The Morgan fingerprint density at radius 2 is 1.56 bits per heavy atom. The van der Waals surface area contributed by atoms with Crippen molar-refractivity contribution in [2.24, 2.45) is 23.7 Å². The van der Waals surface area contributed by atoms with Crippen LogP contribution in [0.25, 0.3) is 0 Å². The lowest BCUT2D eigenvalue weighted by Crippen LogP contribution is -2.53. The lowest BCUT2D eigenvalue weighted by molar-refractivity contribution is -0.138. The number of allylic oxidation sites excluding steroid dienone is 2. The van der Waals surface area contributed by atoms with E-state index >= 15 is 4.79 Å². The summed E-state index contributed by atoms with van der Waals surface area (Å²) in [6, 6.07) is 29.4. The van der Waals surface area contributed by atoms with Crippen molar-refractivity contribution in [3.8, 4) is 11.5 Å². The lowest BCUT2D eigenvalue weighted by Gasteiger charge is -2.50. The van der Waals surface area contributed by atoms with E-state index in [-0.39, 0.29) is 36.2 Å². The number of hydrazine groups is 1. The molecule has 2 saturated heterocycles. The summed E-state index contributed by atoms with van der Waals surface area (Å²) in [5, 5.41) is 13.1. The second-order valence-electron chi connectivity index (χ2n) is 14.3. The van der Waals surface area contributed by atoms with Crippen LogP contribution in [0.3, 0.4) is 0 Å². The molecular weight excluding hydrogens is 654 g/mol. The third-order valence-electron chi connectivity index (χ3n) is 11.6. The fourth-order valence-electron chi connectivity index (χ4n) is 9.27. The minimum atomic E-state index is -1.49. The number of aromatic hydroxyl groups is 1. The molecule has 3 fully saturated rings. The molecule has 6 atom stereocenters. The maximum Gasteiger partial charge on any atom is 0.260 e. The average Bonchev–Trinajstić information content (AvgIpc) is 3.54. The van der Waals surface area contributed by atoms with Gasteiger partial charge in [-0.25, -0.2) is 0 Å². The van der Waals surface area contributed by atoms with Crippen LogP contribution in [0, 0.1) is 30.6 Å². The summed E-state index contributed by atoms with van der Waals surface area (Å²) in [5.74, 6) is -5.00. The summed E-state index contributed by atoms with van der Waals surface area (Å²) >= 11 is 0. The molecule has 4 aromatic carbocycles. The van der Waals surface area contributed by atoms with Gasteiger partial charge in [0.2, 0.25) is 11.8 Å². The number of nitrogens with one attached hydrogen (secondary N) is 1. The first-order chi connectivity index (χ1) is 25.2. The zero-order valence-corrected chi connectivity index (χ0v) is 29.4. The number of benzene rings is 4. The molecule has 52 heavy (non-hydrogen) atoms. The van der Waals surface area contributed by atoms with Gasteiger partial charge in [-0.15, -0.1) is 0 Å². The number of aryl methyl sites for hydroxylation is 2. The third-order valence-corrected chi connectivity index (χ3v) is 11.6. The van der Waals surface area contributed by atoms with E-state index in [1.54, 1.807) is 18.2 Å². The van der Waals surface area contributed by atoms with Crippen LogP contribution in [0.15, 0.2) is 109 Å². The van der Waals surface area contributed by atoms with E-state index in [4.69, 9.17) is 4.74 Å². The van der Waals surface area contributed by atoms with Crippen molar-refractivity contribution in [3.63, 3.8) is 0 Å². The number of para-hydroxylation sites is 1. The van der Waals surface area contributed by atoms with Crippen LogP contribution in [0.2, 0.25) is 0 Å². The number of ether oxygens (including phenoxy) is 1. The minimum absolute atomic E-state index is 0.122. The first-order valence-corrected chi connectivity index (χ1v) is 18.1. The Hall–Kier alpha value is -5.70. The highest BCUT2D eigenvalue weighted by Gasteiger charge is 2.70. The molecule has 4 aromatic rings. The van der Waals surface area contributed by atoms with E-state index in [9.17, 15) is 19.5 Å². The molecule has 0 unspecified atom stereocenters. The van der Waals surface area contributed by atoms with Gasteiger partial charge >= 0.3 is 0 Å². The number of carbonyl (C=O) groups excluding carboxylic acids is 4. The van der Waals surface area contributed by atoms with Crippen molar-refractivity contribution in [1.82, 2.24) is 5.01 Å². The molecule has 1 saturated carbocycles. The quantitative estimate of drug-likeness (QED) is 0.153. The van der Waals surface area contributed by atoms with Gasteiger partial charge in [0.05, 0.1) is 41.2 Å². The fraction of sp³-hybridized carbons (Fsp3) is 0.302. The monoisotopic (exact) mass is 695 g/mol. The van der Waals surface area contributed by atoms with Crippen LogP contribution >= 0.6 is 0 Å². The topological polar surface area (TPSA) is 116 Å². The van der Waals surface area contributed by atoms with Gasteiger partial charge in [0.25, 0.3) is 11.8 Å². The van der Waals surface area contributed by atoms with Crippen molar-refractivity contribution in [2.45, 2.75) is 51.4 Å². The summed E-state index contributed by atoms with van der Waals surface area (Å²) in [4.78, 5) is 60.2. The van der Waals surface area contributed by atoms with Gasteiger partial charge in [0.1, 0.15) is 0 Å². The van der Waals surface area contributed by atoms with Gasteiger partial charge in [-0.1, -0.05) is 90.9 Å². The van der Waals surface area contributed by atoms with Gasteiger partial charge in [-0.05, 0) is 80.5 Å². The first-order valence-electron chi connectivity index (χ1n) is 18.1. The summed E-state index contributed by atoms with van der Waals surface area (Å²) in [7, 11) is 0. The van der Waals surface area contributed by atoms with E-state index in [0.717, 1.165) is 28.1 Å². The predicted molar refractivity (Wildman–Crippen MR) is 196 cm³/mol. The van der Waals surface area contributed by atoms with E-state index in [1.807, 2.05) is 106 Å². The molecule has 8 rings (SSSR count). The Bertz CT molecular complexity index is 2110. The Morgan fingerprint density at radius 3 is 2.25 bits per heavy atom. The highest BCUT2D eigenvalue weighted by Crippen LogP contribution is 2.65. The highest BCUT2D eigenvalue weighted by atomic mass is 16.5. The summed E-state index contributed by atoms with van der Waals surface area (Å²) in [6.07, 6.45) is 3.28. The molecule has 2 N–H and O–H groups in total. The number of hydrogen-bond acceptors (Lipinski definition) is 7. The van der Waals surface area contributed by atoms with Crippen LogP contribution in [0.4, 0.5) is 11.4 Å². The van der Waals surface area contributed by atoms with Crippen molar-refractivity contribution in [1.29, 1.82) is 0 Å². The summed E-state index contributed by atoms with van der Waals surface area (Å²) in [6.45, 7) is 6.14. The van der Waals surface area contributed by atoms with Gasteiger partial charge in [-0.3, -0.25) is 29.5 Å². The molecule has 0 radical (unpaired) electrons. The van der Waals surface area contributed by atoms with Crippen molar-refractivity contribution in [2.75, 3.05) is 16.9 Å². The number of carbonyl (C=O) groups is 4. The summed E-state index contributed by atoms with van der Waals surface area (Å²) < 4.78 is 5.84. The lowest BCUT2D eigenvalue weighted by atomic mass is 9.49. The second kappa shape index (κ2) is 12.8. The second-order valence-corrected chi connectivity index (χ2v) is 14.3. The molecule has 9 heteroatoms. The average molecular weight is 696 g/mol. The molecule has 2 aliphatic heterocycles. The zero-order valence-electron chi connectivity index (χ0n) is 29.4. The van der Waals surface area contributed by atoms with Gasteiger partial charge in [-0.2, -0.15) is 5.01 Å². The van der Waals surface area contributed by atoms with Crippen molar-refractivity contribution < 1.29 is 29.0 Å². The van der Waals surface area contributed by atoms with Crippen LogP contribution in [0.5, 0.6) is 11.5 Å². The number of anilines is 2. The molecule has 2 heterocycles. The zero-order chi connectivity index (χ0) is 36.3. The number of phenols is 1. The number of imide groups is 2. The normalized spacial score (nSPS) is 26.5. The van der Waals surface area contributed by atoms with Gasteiger partial charge < -0.3 is 9.84 Å². The van der Waals surface area contributed by atoms with E-state index in [0.29, 0.717) is 29.1 Å². The number of phenolic OH excluding ortho intramolecular Hbond substituents is 1. The molecule has 0 spiro atoms. The number of rotatable bonds is 8. The highest BCUT2D eigenvalue weighted by molar-refractivity contribution is 6.22. The molecule has 2 aliphatic carbocycles. The Labute approximate surface area is 302 Å². The van der Waals surface area contributed by atoms with Crippen LogP contribution in [-0.4, -0.2) is 40.4 Å². The van der Waals surface area contributed by atoms with Crippen molar-refractivity contribution >= 4 is 35.0 Å². The fourth-order valence-corrected chi connectivity index (χ4v) is 9.27. The standard InChI is InChI=1S/C43H41N3O6/c1-4-26-16-20-29(21-17-26)45-39(48)31-23-22-30-33(36(31)41(45)50)24-34-40(49)46(44-28-18-14-25(3)15-19-28)42(51)43(34,27-10-7-6-8-11-27)37(30)32-12-9-13-35(38(32)47)52-5-2/h6-22,31,33-34,36-37,44,47H,4-5,23-24H2,1-3H3/t31-,33+,34-,36-,37+,43+/m0/s1. The third kappa shape index (κ3) is 4.89. The Balaban J connectivity index is 1.32. The number of amides is 4. The van der Waals surface area contributed by atoms with E-state index in [2.05, 4.69) is 5.43 Å². The maximum atomic E-state index is 15.3. The largest absolute Gasteiger partial charge is 0.504 e. The molecular formula is C43H41N3O6. The summed E-state index contributed by atoms with van der Waals surface area (Å²) in [5.41, 5.74) is 6.68. The first kappa shape index (κ1) is 33.4. The Kier molecular flexibility index (Phi) is 8.24. The number of nitrogens with zero attached hydrogens (tertiary/aromatic N) is 2. The van der Waals surface area contributed by atoms with E-state index < -0.39 is 46.8 Å². The number of fused-ring (bicyclic) bond motifs is 4. The molecule has 0 aromatic heterocycles. The van der Waals surface area contributed by atoms with Crippen molar-refractivity contribution in [3.05, 3.63) is 131 Å². The van der Waals surface area contributed by atoms with Crippen LogP contribution < -0.4 is 15.1 Å². The number of hydrogen-bond donors (Lipinski definition) is 2. The molecule has 4 amide bonds. The predicted octanol–water partition coefficient (Wildman–Crippen LogP) is 6.85. The Morgan fingerprint density at radius 1 is 0.827 bits per heavy atom. The van der Waals surface area contributed by atoms with Gasteiger partial charge in [0.15, 0.2) is 11.5 Å². The molecule has 264 valence electrons. The molecule has 4 aliphatic rings. The molecule has 0 bridgehead atoms. The van der Waals surface area contributed by atoms with E-state index in [1.165, 1.54) is 4.90 Å². The molecule has 9 nitrogen and oxygen atoms in total. The van der Waals surface area contributed by atoms with Crippen LogP contribution in [-0.2, 0) is 31.0 Å². The SMILES string of the molecule is CCOc1cccc([C@H]2C3=CC[C@@H]4C(=O)N(c5ccc(CC)cc5)C(=O)[C@@H]4[C@@H]3C[C@H]3C(=O)N(Nc4ccc(C)cc4)C(=O)[C@@]23c2ccccc2)c1O. The smallest absolute Gasteiger partial charge is 0.260 e.